The molecule has 8 nitrogen and oxygen atoms in total. The molecular weight excluding hydrogens is 386 g/mol. The van der Waals surface area contributed by atoms with Gasteiger partial charge in [-0.2, -0.15) is 0 Å². The fraction of sp³-hybridized carbons (Fsp3) is 0.273. The molecule has 158 valence electrons. The van der Waals surface area contributed by atoms with Gasteiger partial charge in [-0.25, -0.2) is 0 Å². The van der Waals surface area contributed by atoms with Crippen LogP contribution in [0.3, 0.4) is 0 Å². The number of carbonyl (C=O) groups is 4. The summed E-state index contributed by atoms with van der Waals surface area (Å²) in [5.41, 5.74) is 1.59. The van der Waals surface area contributed by atoms with Crippen LogP contribution in [0.5, 0.6) is 0 Å². The van der Waals surface area contributed by atoms with Crippen molar-refractivity contribution in [1.82, 2.24) is 10.6 Å². The third kappa shape index (κ3) is 7.38. The highest BCUT2D eigenvalue weighted by Gasteiger charge is 2.19. The van der Waals surface area contributed by atoms with Crippen molar-refractivity contribution >= 4 is 29.4 Å². The van der Waals surface area contributed by atoms with Gasteiger partial charge < -0.3 is 20.7 Å². The van der Waals surface area contributed by atoms with Crippen LogP contribution in [0.2, 0.25) is 0 Å². The molecule has 30 heavy (non-hydrogen) atoms. The Morgan fingerprint density at radius 1 is 1.00 bits per heavy atom. The Kier molecular flexibility index (Phi) is 8.56. The smallest absolute Gasteiger partial charge is 0.308 e. The van der Waals surface area contributed by atoms with Crippen LogP contribution in [-0.4, -0.2) is 36.8 Å². The standard InChI is InChI=1S/C22H25N3O5/c1-3-23-22(29)17-10-7-11-18(12-17)25-20(27)14-30-21(28)13-19(24-15(2)26)16-8-5-4-6-9-16/h4-12,19H,3,13-14H2,1-2H3,(H,23,29)(H,24,26)(H,25,27)/t19-/m1/s1. The number of nitrogens with one attached hydrogen (secondary N) is 3. The molecule has 0 radical (unpaired) electrons. The SMILES string of the molecule is CCNC(=O)c1cccc(NC(=O)COC(=O)C[C@@H](NC(C)=O)c2ccccc2)c1. The van der Waals surface area contributed by atoms with E-state index in [2.05, 4.69) is 16.0 Å². The molecule has 2 rings (SSSR count). The number of hydrogen-bond acceptors (Lipinski definition) is 5. The zero-order valence-corrected chi connectivity index (χ0v) is 16.9. The number of carbonyl (C=O) groups excluding carboxylic acids is 4. The summed E-state index contributed by atoms with van der Waals surface area (Å²) < 4.78 is 5.04. The molecule has 3 N–H and O–H groups in total. The van der Waals surface area contributed by atoms with Crippen molar-refractivity contribution in [3.05, 3.63) is 65.7 Å². The molecule has 1 atom stereocenters. The van der Waals surface area contributed by atoms with Gasteiger partial charge in [0.15, 0.2) is 6.61 Å². The van der Waals surface area contributed by atoms with Gasteiger partial charge in [-0.15, -0.1) is 0 Å². The highest BCUT2D eigenvalue weighted by molar-refractivity contribution is 5.97. The van der Waals surface area contributed by atoms with E-state index in [1.165, 1.54) is 13.0 Å². The number of anilines is 1. The molecule has 3 amide bonds. The Hall–Kier alpha value is -3.68. The van der Waals surface area contributed by atoms with E-state index in [0.717, 1.165) is 5.56 Å². The van der Waals surface area contributed by atoms with E-state index in [0.29, 0.717) is 17.8 Å². The first-order chi connectivity index (χ1) is 14.4. The molecule has 0 aliphatic heterocycles. The van der Waals surface area contributed by atoms with Gasteiger partial charge in [-0.1, -0.05) is 36.4 Å². The molecule has 0 fully saturated rings. The predicted octanol–water partition coefficient (Wildman–Crippen LogP) is 2.19. The molecule has 8 heteroatoms. The van der Waals surface area contributed by atoms with Crippen LogP contribution in [0.25, 0.3) is 0 Å². The lowest BCUT2D eigenvalue weighted by Crippen LogP contribution is -2.29. The van der Waals surface area contributed by atoms with E-state index in [4.69, 9.17) is 4.74 Å². The van der Waals surface area contributed by atoms with Crippen LogP contribution in [0, 0.1) is 0 Å². The van der Waals surface area contributed by atoms with Crippen LogP contribution >= 0.6 is 0 Å². The summed E-state index contributed by atoms with van der Waals surface area (Å²) in [7, 11) is 0. The molecular formula is C22H25N3O5. The van der Waals surface area contributed by atoms with Gasteiger partial charge in [0.05, 0.1) is 12.5 Å². The summed E-state index contributed by atoms with van der Waals surface area (Å²) in [6, 6.07) is 14.9. The lowest BCUT2D eigenvalue weighted by atomic mass is 10.0. The maximum Gasteiger partial charge on any atom is 0.308 e. The first kappa shape index (κ1) is 22.6. The maximum absolute atomic E-state index is 12.2. The average molecular weight is 411 g/mol. The zero-order valence-electron chi connectivity index (χ0n) is 16.9. The second-order valence-electron chi connectivity index (χ2n) is 6.52. The van der Waals surface area contributed by atoms with Gasteiger partial charge in [0, 0.05) is 24.7 Å². The highest BCUT2D eigenvalue weighted by atomic mass is 16.5. The topological polar surface area (TPSA) is 114 Å². The quantitative estimate of drug-likeness (QED) is 0.548. The molecule has 0 spiro atoms. The Bertz CT molecular complexity index is 899. The molecule has 0 aliphatic carbocycles. The minimum Gasteiger partial charge on any atom is -0.455 e. The Labute approximate surface area is 175 Å². The summed E-state index contributed by atoms with van der Waals surface area (Å²) in [5, 5.41) is 7.97. The second kappa shape index (κ2) is 11.4. The number of amides is 3. The van der Waals surface area contributed by atoms with Gasteiger partial charge in [0.25, 0.3) is 11.8 Å². The molecule has 0 unspecified atom stereocenters. The molecule has 0 saturated carbocycles. The summed E-state index contributed by atoms with van der Waals surface area (Å²) in [5.74, 6) is -1.68. The third-order valence-electron chi connectivity index (χ3n) is 4.06. The maximum atomic E-state index is 12.2. The highest BCUT2D eigenvalue weighted by Crippen LogP contribution is 2.17. The minimum absolute atomic E-state index is 0.108. The van der Waals surface area contributed by atoms with Crippen LogP contribution in [0.4, 0.5) is 5.69 Å². The van der Waals surface area contributed by atoms with Gasteiger partial charge >= 0.3 is 5.97 Å². The lowest BCUT2D eigenvalue weighted by Gasteiger charge is -2.17. The fourth-order valence-electron chi connectivity index (χ4n) is 2.75. The Morgan fingerprint density at radius 3 is 2.40 bits per heavy atom. The number of esters is 1. The second-order valence-corrected chi connectivity index (χ2v) is 6.52. The van der Waals surface area contributed by atoms with Crippen LogP contribution in [0.1, 0.15) is 42.2 Å². The number of ether oxygens (including phenoxy) is 1. The van der Waals surface area contributed by atoms with Crippen LogP contribution in [0.15, 0.2) is 54.6 Å². The lowest BCUT2D eigenvalue weighted by molar-refractivity contribution is -0.148. The molecule has 2 aromatic rings. The van der Waals surface area contributed by atoms with Crippen molar-refractivity contribution in [2.24, 2.45) is 0 Å². The molecule has 0 bridgehead atoms. The normalized spacial score (nSPS) is 11.1. The molecule has 0 heterocycles. The fourth-order valence-corrected chi connectivity index (χ4v) is 2.75. The molecule has 2 aromatic carbocycles. The summed E-state index contributed by atoms with van der Waals surface area (Å²) in [4.78, 5) is 47.6. The van der Waals surface area contributed by atoms with Gasteiger partial charge in [-0.05, 0) is 30.7 Å². The van der Waals surface area contributed by atoms with E-state index in [1.807, 2.05) is 13.0 Å². The van der Waals surface area contributed by atoms with Crippen LogP contribution in [-0.2, 0) is 19.1 Å². The molecule has 0 aliphatic rings. The van der Waals surface area contributed by atoms with Crippen molar-refractivity contribution in [2.75, 3.05) is 18.5 Å². The first-order valence-electron chi connectivity index (χ1n) is 9.54. The number of hydrogen-bond donors (Lipinski definition) is 3. The first-order valence-corrected chi connectivity index (χ1v) is 9.54. The molecule has 0 aromatic heterocycles. The Morgan fingerprint density at radius 2 is 1.73 bits per heavy atom. The summed E-state index contributed by atoms with van der Waals surface area (Å²) in [6.07, 6.45) is -0.108. The Balaban J connectivity index is 1.89. The van der Waals surface area contributed by atoms with E-state index in [1.54, 1.807) is 42.5 Å². The third-order valence-corrected chi connectivity index (χ3v) is 4.06. The van der Waals surface area contributed by atoms with E-state index < -0.39 is 24.5 Å². The predicted molar refractivity (Wildman–Crippen MR) is 112 cm³/mol. The van der Waals surface area contributed by atoms with Crippen molar-refractivity contribution in [3.8, 4) is 0 Å². The van der Waals surface area contributed by atoms with E-state index in [-0.39, 0.29) is 18.2 Å². The average Bonchev–Trinajstić information content (AvgIpc) is 2.72. The van der Waals surface area contributed by atoms with E-state index in [9.17, 15) is 19.2 Å². The monoisotopic (exact) mass is 411 g/mol. The minimum atomic E-state index is -0.621. The number of benzene rings is 2. The van der Waals surface area contributed by atoms with Crippen LogP contribution < -0.4 is 16.0 Å². The number of rotatable bonds is 9. The zero-order chi connectivity index (χ0) is 21.9. The van der Waals surface area contributed by atoms with Crippen molar-refractivity contribution in [2.45, 2.75) is 26.3 Å². The van der Waals surface area contributed by atoms with Gasteiger partial charge in [0.2, 0.25) is 5.91 Å². The largest absolute Gasteiger partial charge is 0.455 e. The van der Waals surface area contributed by atoms with E-state index >= 15 is 0 Å². The van der Waals surface area contributed by atoms with Crippen molar-refractivity contribution in [1.29, 1.82) is 0 Å². The van der Waals surface area contributed by atoms with Crippen molar-refractivity contribution in [3.63, 3.8) is 0 Å². The van der Waals surface area contributed by atoms with Gasteiger partial charge in [0.1, 0.15) is 0 Å². The van der Waals surface area contributed by atoms with Crippen molar-refractivity contribution < 1.29 is 23.9 Å². The summed E-state index contributed by atoms with van der Waals surface area (Å²) in [6.45, 7) is 3.19. The molecule has 0 saturated heterocycles. The summed E-state index contributed by atoms with van der Waals surface area (Å²) >= 11 is 0. The van der Waals surface area contributed by atoms with Gasteiger partial charge in [-0.3, -0.25) is 19.2 Å².